The SMILES string of the molecule is Nc1cc(F)c(Br)cc1S(=O)(=O)N[C@@H]1CCCC[C@H]1O. The molecule has 2 atom stereocenters. The summed E-state index contributed by atoms with van der Waals surface area (Å²) in [5.41, 5.74) is 5.41. The van der Waals surface area contributed by atoms with Crippen LogP contribution < -0.4 is 10.5 Å². The molecule has 1 fully saturated rings. The van der Waals surface area contributed by atoms with Gasteiger partial charge >= 0.3 is 0 Å². The highest BCUT2D eigenvalue weighted by molar-refractivity contribution is 9.10. The van der Waals surface area contributed by atoms with Crippen LogP contribution in [0.3, 0.4) is 0 Å². The Balaban J connectivity index is 2.28. The van der Waals surface area contributed by atoms with Crippen molar-refractivity contribution in [2.45, 2.75) is 42.7 Å². The van der Waals surface area contributed by atoms with E-state index in [1.54, 1.807) is 0 Å². The van der Waals surface area contributed by atoms with Crippen LogP contribution >= 0.6 is 15.9 Å². The second-order valence-electron chi connectivity index (χ2n) is 4.88. The van der Waals surface area contributed by atoms with Crippen LogP contribution in [0.25, 0.3) is 0 Å². The van der Waals surface area contributed by atoms with Crippen LogP contribution in [0.2, 0.25) is 0 Å². The number of benzene rings is 1. The van der Waals surface area contributed by atoms with Crippen LogP contribution in [-0.4, -0.2) is 25.7 Å². The van der Waals surface area contributed by atoms with E-state index in [1.165, 1.54) is 0 Å². The lowest BCUT2D eigenvalue weighted by molar-refractivity contribution is 0.101. The van der Waals surface area contributed by atoms with Gasteiger partial charge in [-0.1, -0.05) is 12.8 Å². The molecule has 5 nitrogen and oxygen atoms in total. The number of nitrogens with two attached hydrogens (primary N) is 1. The zero-order valence-electron chi connectivity index (χ0n) is 10.6. The Morgan fingerprint density at radius 1 is 1.35 bits per heavy atom. The molecule has 20 heavy (non-hydrogen) atoms. The molecule has 0 unspecified atom stereocenters. The molecule has 0 saturated heterocycles. The third kappa shape index (κ3) is 3.30. The van der Waals surface area contributed by atoms with Crippen molar-refractivity contribution in [3.05, 3.63) is 22.4 Å². The fourth-order valence-electron chi connectivity index (χ4n) is 2.29. The summed E-state index contributed by atoms with van der Waals surface area (Å²) in [6.45, 7) is 0. The van der Waals surface area contributed by atoms with Gasteiger partial charge in [0.25, 0.3) is 0 Å². The molecule has 1 aliphatic rings. The number of nitrogen functional groups attached to an aromatic ring is 1. The topological polar surface area (TPSA) is 92.4 Å². The molecule has 0 spiro atoms. The van der Waals surface area contributed by atoms with E-state index in [2.05, 4.69) is 20.7 Å². The number of aliphatic hydroxyl groups is 1. The van der Waals surface area contributed by atoms with E-state index < -0.39 is 28.0 Å². The van der Waals surface area contributed by atoms with Gasteiger partial charge in [-0.25, -0.2) is 17.5 Å². The Bertz CT molecular complexity index is 609. The molecule has 1 aromatic rings. The van der Waals surface area contributed by atoms with E-state index in [1.807, 2.05) is 0 Å². The van der Waals surface area contributed by atoms with E-state index in [4.69, 9.17) is 5.73 Å². The van der Waals surface area contributed by atoms with Gasteiger partial charge in [-0.3, -0.25) is 0 Å². The van der Waals surface area contributed by atoms with Crippen LogP contribution in [-0.2, 0) is 10.0 Å². The Kier molecular flexibility index (Phi) is 4.68. The molecule has 0 aromatic heterocycles. The van der Waals surface area contributed by atoms with Crippen LogP contribution in [0.15, 0.2) is 21.5 Å². The van der Waals surface area contributed by atoms with Crippen molar-refractivity contribution < 1.29 is 17.9 Å². The van der Waals surface area contributed by atoms with Crippen molar-refractivity contribution in [1.29, 1.82) is 0 Å². The molecule has 2 rings (SSSR count). The van der Waals surface area contributed by atoms with Crippen LogP contribution in [0.5, 0.6) is 0 Å². The average Bonchev–Trinajstić information content (AvgIpc) is 2.36. The van der Waals surface area contributed by atoms with Crippen LogP contribution in [0, 0.1) is 5.82 Å². The van der Waals surface area contributed by atoms with E-state index in [0.29, 0.717) is 12.8 Å². The van der Waals surface area contributed by atoms with Gasteiger partial charge in [0.2, 0.25) is 10.0 Å². The van der Waals surface area contributed by atoms with Gasteiger partial charge in [0.05, 0.1) is 16.3 Å². The largest absolute Gasteiger partial charge is 0.398 e. The third-order valence-corrected chi connectivity index (χ3v) is 5.53. The van der Waals surface area contributed by atoms with Crippen molar-refractivity contribution in [3.63, 3.8) is 0 Å². The minimum absolute atomic E-state index is 0.0243. The fraction of sp³-hybridized carbons (Fsp3) is 0.500. The van der Waals surface area contributed by atoms with Gasteiger partial charge in [-0.15, -0.1) is 0 Å². The summed E-state index contributed by atoms with van der Waals surface area (Å²) in [6.07, 6.45) is 2.16. The van der Waals surface area contributed by atoms with E-state index in [-0.39, 0.29) is 15.1 Å². The molecule has 1 saturated carbocycles. The number of aliphatic hydroxyl groups excluding tert-OH is 1. The minimum Gasteiger partial charge on any atom is -0.398 e. The molecule has 4 N–H and O–H groups in total. The predicted octanol–water partition coefficient (Wildman–Crippen LogP) is 1.75. The van der Waals surface area contributed by atoms with Gasteiger partial charge in [-0.2, -0.15) is 0 Å². The molecular weight excluding hydrogens is 351 g/mol. The number of rotatable bonds is 3. The lowest BCUT2D eigenvalue weighted by Crippen LogP contribution is -2.45. The highest BCUT2D eigenvalue weighted by Crippen LogP contribution is 2.27. The van der Waals surface area contributed by atoms with Crippen LogP contribution in [0.4, 0.5) is 10.1 Å². The summed E-state index contributed by atoms with van der Waals surface area (Å²) in [5.74, 6) is -0.626. The minimum atomic E-state index is -3.89. The first kappa shape index (κ1) is 15.7. The lowest BCUT2D eigenvalue weighted by Gasteiger charge is -2.28. The second kappa shape index (κ2) is 5.97. The maximum absolute atomic E-state index is 13.3. The second-order valence-corrected chi connectivity index (χ2v) is 7.42. The molecule has 0 radical (unpaired) electrons. The summed E-state index contributed by atoms with van der Waals surface area (Å²) in [6, 6.07) is 1.55. The molecule has 0 heterocycles. The Morgan fingerprint density at radius 3 is 2.65 bits per heavy atom. The Hall–Kier alpha value is -0.700. The fourth-order valence-corrected chi connectivity index (χ4v) is 4.23. The number of hydrogen-bond donors (Lipinski definition) is 3. The summed E-state index contributed by atoms with van der Waals surface area (Å²) >= 11 is 2.94. The smallest absolute Gasteiger partial charge is 0.242 e. The molecule has 112 valence electrons. The van der Waals surface area contributed by atoms with Gasteiger partial charge in [0.1, 0.15) is 10.7 Å². The Labute approximate surface area is 125 Å². The Morgan fingerprint density at radius 2 is 2.00 bits per heavy atom. The van der Waals surface area contributed by atoms with Crippen molar-refractivity contribution in [3.8, 4) is 0 Å². The zero-order chi connectivity index (χ0) is 14.9. The highest BCUT2D eigenvalue weighted by Gasteiger charge is 2.29. The summed E-state index contributed by atoms with van der Waals surface area (Å²) < 4.78 is 40.3. The molecule has 0 amide bonds. The number of nitrogens with one attached hydrogen (secondary N) is 1. The van der Waals surface area contributed by atoms with Gasteiger partial charge in [0.15, 0.2) is 0 Å². The van der Waals surface area contributed by atoms with Crippen molar-refractivity contribution in [2.24, 2.45) is 0 Å². The van der Waals surface area contributed by atoms with E-state index in [0.717, 1.165) is 25.0 Å². The maximum Gasteiger partial charge on any atom is 0.242 e. The molecule has 0 aliphatic heterocycles. The van der Waals surface area contributed by atoms with E-state index >= 15 is 0 Å². The van der Waals surface area contributed by atoms with E-state index in [9.17, 15) is 17.9 Å². The van der Waals surface area contributed by atoms with Crippen molar-refractivity contribution >= 4 is 31.6 Å². The third-order valence-electron chi connectivity index (χ3n) is 3.38. The molecule has 1 aromatic carbocycles. The average molecular weight is 367 g/mol. The predicted molar refractivity (Wildman–Crippen MR) is 77.1 cm³/mol. The van der Waals surface area contributed by atoms with Crippen molar-refractivity contribution in [2.75, 3.05) is 5.73 Å². The normalized spacial score (nSPS) is 23.8. The van der Waals surface area contributed by atoms with Gasteiger partial charge in [0, 0.05) is 6.04 Å². The lowest BCUT2D eigenvalue weighted by atomic mass is 9.93. The number of halogens is 2. The number of sulfonamides is 1. The molecule has 8 heteroatoms. The van der Waals surface area contributed by atoms with Crippen molar-refractivity contribution in [1.82, 2.24) is 4.72 Å². The molecule has 0 bridgehead atoms. The molecule has 1 aliphatic carbocycles. The molecular formula is C12H16BrFN2O3S. The first-order valence-electron chi connectivity index (χ1n) is 6.26. The zero-order valence-corrected chi connectivity index (χ0v) is 13.0. The summed E-state index contributed by atoms with van der Waals surface area (Å²) in [4.78, 5) is -0.191. The monoisotopic (exact) mass is 366 g/mol. The maximum atomic E-state index is 13.3. The number of anilines is 1. The quantitative estimate of drug-likeness (QED) is 0.710. The highest BCUT2D eigenvalue weighted by atomic mass is 79.9. The first-order chi connectivity index (χ1) is 9.31. The van der Waals surface area contributed by atoms with Gasteiger partial charge in [-0.05, 0) is 40.9 Å². The standard InChI is InChI=1S/C12H16BrFN2O3S/c13-7-5-12(9(15)6-8(7)14)20(18,19)16-10-3-1-2-4-11(10)17/h5-6,10-11,16-17H,1-4,15H2/t10-,11-/m1/s1. The number of hydrogen-bond acceptors (Lipinski definition) is 4. The summed E-state index contributed by atoms with van der Waals surface area (Å²) in [7, 11) is -3.89. The summed E-state index contributed by atoms with van der Waals surface area (Å²) in [5, 5.41) is 9.82. The van der Waals surface area contributed by atoms with Crippen LogP contribution in [0.1, 0.15) is 25.7 Å². The first-order valence-corrected chi connectivity index (χ1v) is 8.54. The van der Waals surface area contributed by atoms with Gasteiger partial charge < -0.3 is 10.8 Å².